The lowest BCUT2D eigenvalue weighted by Gasteiger charge is -2.10. The Morgan fingerprint density at radius 3 is 2.48 bits per heavy atom. The highest BCUT2D eigenvalue weighted by Gasteiger charge is 2.12. The number of nitrogens with one attached hydrogen (secondary N) is 2. The van der Waals surface area contributed by atoms with E-state index in [4.69, 9.17) is 0 Å². The molecule has 0 saturated carbocycles. The molecular weight excluding hydrogens is 457 g/mol. The van der Waals surface area contributed by atoms with Crippen molar-refractivity contribution in [1.82, 2.24) is 10.3 Å². The van der Waals surface area contributed by atoms with Gasteiger partial charge >= 0.3 is 0 Å². The van der Waals surface area contributed by atoms with E-state index in [1.165, 1.54) is 23.5 Å². The largest absolute Gasteiger partial charge is 0.352 e. The zero-order valence-corrected chi connectivity index (χ0v) is 20.0. The van der Waals surface area contributed by atoms with Gasteiger partial charge in [0.1, 0.15) is 5.82 Å². The van der Waals surface area contributed by atoms with Crippen molar-refractivity contribution in [2.45, 2.75) is 30.6 Å². The number of carbonyl (C=O) groups is 2. The van der Waals surface area contributed by atoms with Crippen LogP contribution in [0.1, 0.15) is 36.8 Å². The molecule has 0 bridgehead atoms. The van der Waals surface area contributed by atoms with Gasteiger partial charge in [0.05, 0.1) is 0 Å². The highest BCUT2D eigenvalue weighted by Crippen LogP contribution is 2.21. The van der Waals surface area contributed by atoms with Gasteiger partial charge in [0.25, 0.3) is 5.91 Å². The summed E-state index contributed by atoms with van der Waals surface area (Å²) in [5.41, 5.74) is 2.03. The van der Waals surface area contributed by atoms with Crippen molar-refractivity contribution in [2.75, 3.05) is 18.1 Å². The second-order valence-electron chi connectivity index (χ2n) is 7.29. The predicted molar refractivity (Wildman–Crippen MR) is 135 cm³/mol. The molecule has 0 atom stereocenters. The molecule has 0 aliphatic rings. The van der Waals surface area contributed by atoms with Crippen LogP contribution in [0, 0.1) is 5.82 Å². The standard InChI is InChI=1S/C25H26FN3O2S2/c1-32-21-12-6-18(7-13-21)17-22(19-8-10-20(26)11-9-19)24(31)27-14-4-2-3-5-23(30)29-25-28-15-16-33-25/h6-13,15-17H,2-5,14H2,1H3,(H,27,31)(H,28,29,30). The molecule has 2 N–H and O–H groups in total. The quantitative estimate of drug-likeness (QED) is 0.155. The third-order valence-electron chi connectivity index (χ3n) is 4.87. The number of nitrogens with zero attached hydrogens (tertiary/aromatic N) is 1. The molecule has 5 nitrogen and oxygen atoms in total. The van der Waals surface area contributed by atoms with Gasteiger partial charge in [0.2, 0.25) is 5.91 Å². The lowest BCUT2D eigenvalue weighted by molar-refractivity contribution is -0.117. The molecule has 2 aromatic carbocycles. The van der Waals surface area contributed by atoms with E-state index in [9.17, 15) is 14.0 Å². The first kappa shape index (κ1) is 24.7. The number of aromatic nitrogens is 1. The Hall–Kier alpha value is -2.97. The molecule has 172 valence electrons. The maximum absolute atomic E-state index is 13.4. The third-order valence-corrected chi connectivity index (χ3v) is 6.30. The van der Waals surface area contributed by atoms with Crippen LogP contribution in [0.2, 0.25) is 0 Å². The summed E-state index contributed by atoms with van der Waals surface area (Å²) in [6.07, 6.45) is 8.20. The second kappa shape index (κ2) is 12.9. The minimum absolute atomic E-state index is 0.0528. The summed E-state index contributed by atoms with van der Waals surface area (Å²) in [6, 6.07) is 13.8. The Bertz CT molecular complexity index is 1070. The van der Waals surface area contributed by atoms with Crippen molar-refractivity contribution in [1.29, 1.82) is 0 Å². The number of hydrogen-bond acceptors (Lipinski definition) is 5. The molecule has 0 aliphatic heterocycles. The first-order chi connectivity index (χ1) is 16.0. The zero-order chi connectivity index (χ0) is 23.5. The summed E-state index contributed by atoms with van der Waals surface area (Å²) in [7, 11) is 0. The topological polar surface area (TPSA) is 71.1 Å². The van der Waals surface area contributed by atoms with Gasteiger partial charge in [-0.2, -0.15) is 0 Å². The van der Waals surface area contributed by atoms with Crippen LogP contribution in [-0.4, -0.2) is 29.6 Å². The molecule has 0 aliphatic carbocycles. The van der Waals surface area contributed by atoms with E-state index in [1.54, 1.807) is 30.1 Å². The van der Waals surface area contributed by atoms with Crippen LogP contribution in [0.15, 0.2) is 65.0 Å². The fourth-order valence-corrected chi connectivity index (χ4v) is 4.08. The van der Waals surface area contributed by atoms with Gasteiger partial charge in [-0.3, -0.25) is 9.59 Å². The predicted octanol–water partition coefficient (Wildman–Crippen LogP) is 5.86. The first-order valence-corrected chi connectivity index (χ1v) is 12.7. The van der Waals surface area contributed by atoms with Crippen molar-refractivity contribution in [3.8, 4) is 0 Å². The molecule has 0 spiro atoms. The van der Waals surface area contributed by atoms with Gasteiger partial charge in [0.15, 0.2) is 5.13 Å². The van der Waals surface area contributed by atoms with Crippen LogP contribution in [0.3, 0.4) is 0 Å². The van der Waals surface area contributed by atoms with Crippen LogP contribution >= 0.6 is 23.1 Å². The van der Waals surface area contributed by atoms with Gasteiger partial charge in [-0.05, 0) is 60.6 Å². The molecule has 2 amide bonds. The van der Waals surface area contributed by atoms with E-state index in [-0.39, 0.29) is 17.6 Å². The normalized spacial score (nSPS) is 11.3. The fraction of sp³-hybridized carbons (Fsp3) is 0.240. The van der Waals surface area contributed by atoms with Gasteiger partial charge < -0.3 is 10.6 Å². The summed E-state index contributed by atoms with van der Waals surface area (Å²) in [6.45, 7) is 0.497. The molecular formula is C25H26FN3O2S2. The monoisotopic (exact) mass is 483 g/mol. The highest BCUT2D eigenvalue weighted by atomic mass is 32.2. The van der Waals surface area contributed by atoms with Crippen molar-refractivity contribution < 1.29 is 14.0 Å². The number of anilines is 1. The number of rotatable bonds is 11. The highest BCUT2D eigenvalue weighted by molar-refractivity contribution is 7.98. The number of amides is 2. The molecule has 3 aromatic rings. The van der Waals surface area contributed by atoms with Gasteiger partial charge in [-0.1, -0.05) is 30.7 Å². The molecule has 0 fully saturated rings. The Labute approximate surface area is 201 Å². The summed E-state index contributed by atoms with van der Waals surface area (Å²) in [5, 5.41) is 8.13. The van der Waals surface area contributed by atoms with E-state index in [0.717, 1.165) is 29.7 Å². The number of thioether (sulfide) groups is 1. The fourth-order valence-electron chi connectivity index (χ4n) is 3.13. The van der Waals surface area contributed by atoms with Crippen LogP contribution in [0.4, 0.5) is 9.52 Å². The molecule has 0 unspecified atom stereocenters. The van der Waals surface area contributed by atoms with Crippen molar-refractivity contribution in [2.24, 2.45) is 0 Å². The smallest absolute Gasteiger partial charge is 0.251 e. The minimum atomic E-state index is -0.346. The average molecular weight is 484 g/mol. The number of benzene rings is 2. The van der Waals surface area contributed by atoms with E-state index in [0.29, 0.717) is 29.2 Å². The summed E-state index contributed by atoms with van der Waals surface area (Å²) < 4.78 is 13.4. The van der Waals surface area contributed by atoms with Crippen molar-refractivity contribution >= 4 is 51.7 Å². The molecule has 0 radical (unpaired) electrons. The van der Waals surface area contributed by atoms with E-state index >= 15 is 0 Å². The van der Waals surface area contributed by atoms with Crippen LogP contribution in [-0.2, 0) is 9.59 Å². The van der Waals surface area contributed by atoms with Crippen LogP contribution < -0.4 is 10.6 Å². The van der Waals surface area contributed by atoms with E-state index in [1.807, 2.05) is 42.0 Å². The van der Waals surface area contributed by atoms with Crippen molar-refractivity contribution in [3.05, 3.63) is 77.1 Å². The summed E-state index contributed by atoms with van der Waals surface area (Å²) >= 11 is 3.04. The summed E-state index contributed by atoms with van der Waals surface area (Å²) in [4.78, 5) is 30.0. The van der Waals surface area contributed by atoms with Crippen molar-refractivity contribution in [3.63, 3.8) is 0 Å². The zero-order valence-electron chi connectivity index (χ0n) is 18.3. The molecule has 1 aromatic heterocycles. The Morgan fingerprint density at radius 2 is 1.82 bits per heavy atom. The van der Waals surface area contributed by atoms with Crippen LogP contribution in [0.25, 0.3) is 11.6 Å². The number of carbonyl (C=O) groups excluding carboxylic acids is 2. The lowest BCUT2D eigenvalue weighted by Crippen LogP contribution is -2.25. The molecule has 8 heteroatoms. The number of hydrogen-bond donors (Lipinski definition) is 2. The second-order valence-corrected chi connectivity index (χ2v) is 9.06. The van der Waals surface area contributed by atoms with Gasteiger partial charge in [-0.25, -0.2) is 9.37 Å². The Kier molecular flexibility index (Phi) is 9.65. The third kappa shape index (κ3) is 8.14. The first-order valence-electron chi connectivity index (χ1n) is 10.6. The number of halogens is 1. The maximum Gasteiger partial charge on any atom is 0.251 e. The van der Waals surface area contributed by atoms with E-state index in [2.05, 4.69) is 15.6 Å². The lowest BCUT2D eigenvalue weighted by atomic mass is 10.0. The molecule has 3 rings (SSSR count). The number of thiazole rings is 1. The molecule has 1 heterocycles. The summed E-state index contributed by atoms with van der Waals surface area (Å²) in [5.74, 6) is -0.609. The van der Waals surface area contributed by atoms with Gasteiger partial charge in [0, 0.05) is 35.0 Å². The Morgan fingerprint density at radius 1 is 1.06 bits per heavy atom. The average Bonchev–Trinajstić information content (AvgIpc) is 3.33. The van der Waals surface area contributed by atoms with Crippen LogP contribution in [0.5, 0.6) is 0 Å². The molecule has 33 heavy (non-hydrogen) atoms. The molecule has 0 saturated heterocycles. The van der Waals surface area contributed by atoms with E-state index < -0.39 is 0 Å². The minimum Gasteiger partial charge on any atom is -0.352 e. The SMILES string of the molecule is CSc1ccc(C=C(C(=O)NCCCCCC(=O)Nc2nccs2)c2ccc(F)cc2)cc1. The Balaban J connectivity index is 1.52. The number of unbranched alkanes of at least 4 members (excludes halogenated alkanes) is 2. The van der Waals surface area contributed by atoms with Gasteiger partial charge in [-0.15, -0.1) is 23.1 Å². The maximum atomic E-state index is 13.4.